The standard InChI is InChI=1S/C14H24N2O/c1-4-15-9-13-8-14(17-12(13)3)10-16-7-5-6-11(16)2/h8,11,15H,4-7,9-10H2,1-3H3. The molecule has 1 aromatic heterocycles. The van der Waals surface area contributed by atoms with Crippen LogP contribution in [0.25, 0.3) is 0 Å². The normalized spacial score (nSPS) is 21.2. The van der Waals surface area contributed by atoms with Crippen molar-refractivity contribution in [2.75, 3.05) is 13.1 Å². The first-order valence-electron chi connectivity index (χ1n) is 6.73. The van der Waals surface area contributed by atoms with E-state index in [-0.39, 0.29) is 0 Å². The second-order valence-electron chi connectivity index (χ2n) is 5.04. The van der Waals surface area contributed by atoms with Gasteiger partial charge in [-0.05, 0) is 45.8 Å². The molecular weight excluding hydrogens is 212 g/mol. The van der Waals surface area contributed by atoms with Gasteiger partial charge in [-0.3, -0.25) is 4.90 Å². The smallest absolute Gasteiger partial charge is 0.118 e. The number of hydrogen-bond acceptors (Lipinski definition) is 3. The predicted molar refractivity (Wildman–Crippen MR) is 69.9 cm³/mol. The highest BCUT2D eigenvalue weighted by Crippen LogP contribution is 2.22. The van der Waals surface area contributed by atoms with Gasteiger partial charge in [-0.25, -0.2) is 0 Å². The molecule has 96 valence electrons. The molecule has 1 atom stereocenters. The van der Waals surface area contributed by atoms with Gasteiger partial charge >= 0.3 is 0 Å². The van der Waals surface area contributed by atoms with E-state index in [4.69, 9.17) is 4.42 Å². The summed E-state index contributed by atoms with van der Waals surface area (Å²) in [6.45, 7) is 10.6. The van der Waals surface area contributed by atoms with Crippen molar-refractivity contribution in [2.45, 2.75) is 52.7 Å². The topological polar surface area (TPSA) is 28.4 Å². The Labute approximate surface area is 104 Å². The summed E-state index contributed by atoms with van der Waals surface area (Å²) in [5.74, 6) is 2.18. The quantitative estimate of drug-likeness (QED) is 0.852. The lowest BCUT2D eigenvalue weighted by Gasteiger charge is -2.19. The minimum absolute atomic E-state index is 0.706. The number of nitrogens with one attached hydrogen (secondary N) is 1. The van der Waals surface area contributed by atoms with Crippen LogP contribution in [0.4, 0.5) is 0 Å². The number of furan rings is 1. The summed E-state index contributed by atoms with van der Waals surface area (Å²) in [6, 6.07) is 2.92. The monoisotopic (exact) mass is 236 g/mol. The van der Waals surface area contributed by atoms with E-state index in [9.17, 15) is 0 Å². The van der Waals surface area contributed by atoms with Gasteiger partial charge in [-0.15, -0.1) is 0 Å². The van der Waals surface area contributed by atoms with Crippen LogP contribution in [0, 0.1) is 6.92 Å². The molecule has 17 heavy (non-hydrogen) atoms. The van der Waals surface area contributed by atoms with Crippen LogP contribution in [0.1, 0.15) is 43.8 Å². The van der Waals surface area contributed by atoms with Crippen molar-refractivity contribution in [3.8, 4) is 0 Å². The molecule has 1 saturated heterocycles. The van der Waals surface area contributed by atoms with Crippen molar-refractivity contribution in [1.29, 1.82) is 0 Å². The molecule has 2 rings (SSSR count). The summed E-state index contributed by atoms with van der Waals surface area (Å²) < 4.78 is 5.84. The third-order valence-corrected chi connectivity index (χ3v) is 3.69. The Hall–Kier alpha value is -0.800. The number of nitrogens with zero attached hydrogens (tertiary/aromatic N) is 1. The van der Waals surface area contributed by atoms with Crippen LogP contribution >= 0.6 is 0 Å². The fraction of sp³-hybridized carbons (Fsp3) is 0.714. The van der Waals surface area contributed by atoms with Crippen molar-refractivity contribution in [3.63, 3.8) is 0 Å². The highest BCUT2D eigenvalue weighted by Gasteiger charge is 2.21. The third kappa shape index (κ3) is 3.11. The lowest BCUT2D eigenvalue weighted by molar-refractivity contribution is 0.237. The van der Waals surface area contributed by atoms with Gasteiger partial charge in [0.25, 0.3) is 0 Å². The molecule has 0 bridgehead atoms. The van der Waals surface area contributed by atoms with Gasteiger partial charge in [0.2, 0.25) is 0 Å². The molecule has 2 heterocycles. The van der Waals surface area contributed by atoms with E-state index in [0.29, 0.717) is 6.04 Å². The number of likely N-dealkylation sites (tertiary alicyclic amines) is 1. The Bertz CT molecular complexity index is 359. The van der Waals surface area contributed by atoms with Gasteiger partial charge in [0.15, 0.2) is 0 Å². The Kier molecular flexibility index (Phi) is 4.24. The van der Waals surface area contributed by atoms with Crippen molar-refractivity contribution in [3.05, 3.63) is 23.2 Å². The van der Waals surface area contributed by atoms with Crippen LogP contribution < -0.4 is 5.32 Å². The highest BCUT2D eigenvalue weighted by molar-refractivity contribution is 5.20. The molecule has 0 saturated carbocycles. The van der Waals surface area contributed by atoms with Gasteiger partial charge < -0.3 is 9.73 Å². The molecule has 1 N–H and O–H groups in total. The second kappa shape index (κ2) is 5.69. The molecule has 1 fully saturated rings. The Morgan fingerprint density at radius 3 is 3.00 bits per heavy atom. The molecule has 1 aliphatic rings. The fourth-order valence-electron chi connectivity index (χ4n) is 2.53. The Morgan fingerprint density at radius 2 is 2.35 bits per heavy atom. The van der Waals surface area contributed by atoms with Gasteiger partial charge in [0, 0.05) is 18.2 Å². The molecule has 0 aromatic carbocycles. The maximum Gasteiger partial charge on any atom is 0.118 e. The van der Waals surface area contributed by atoms with Crippen LogP contribution in [-0.4, -0.2) is 24.0 Å². The van der Waals surface area contributed by atoms with Crippen molar-refractivity contribution in [2.24, 2.45) is 0 Å². The maximum atomic E-state index is 5.84. The molecule has 0 aliphatic carbocycles. The molecular formula is C14H24N2O. The predicted octanol–water partition coefficient (Wildman–Crippen LogP) is 2.68. The van der Waals surface area contributed by atoms with Gasteiger partial charge in [-0.1, -0.05) is 6.92 Å². The SMILES string of the molecule is CCNCc1cc(CN2CCCC2C)oc1C. The number of aryl methyl sites for hydroxylation is 1. The van der Waals surface area contributed by atoms with E-state index < -0.39 is 0 Å². The minimum Gasteiger partial charge on any atom is -0.465 e. The van der Waals surface area contributed by atoms with E-state index in [1.54, 1.807) is 0 Å². The fourth-order valence-corrected chi connectivity index (χ4v) is 2.53. The van der Waals surface area contributed by atoms with Crippen molar-refractivity contribution < 1.29 is 4.42 Å². The largest absolute Gasteiger partial charge is 0.465 e. The molecule has 1 aliphatic heterocycles. The Morgan fingerprint density at radius 1 is 1.53 bits per heavy atom. The van der Waals surface area contributed by atoms with Crippen LogP contribution in [-0.2, 0) is 13.1 Å². The molecule has 1 aromatic rings. The first kappa shape index (κ1) is 12.7. The molecule has 3 nitrogen and oxygen atoms in total. The van der Waals surface area contributed by atoms with Crippen LogP contribution in [0.3, 0.4) is 0 Å². The zero-order valence-electron chi connectivity index (χ0n) is 11.3. The average Bonchev–Trinajstić information content (AvgIpc) is 2.84. The first-order chi connectivity index (χ1) is 8.20. The lowest BCUT2D eigenvalue weighted by Crippen LogP contribution is -2.25. The summed E-state index contributed by atoms with van der Waals surface area (Å²) in [6.07, 6.45) is 2.65. The van der Waals surface area contributed by atoms with Crippen molar-refractivity contribution in [1.82, 2.24) is 10.2 Å². The molecule has 0 radical (unpaired) electrons. The number of hydrogen-bond donors (Lipinski definition) is 1. The average molecular weight is 236 g/mol. The summed E-state index contributed by atoms with van der Waals surface area (Å²) in [5, 5.41) is 3.35. The number of rotatable bonds is 5. The van der Waals surface area contributed by atoms with Crippen LogP contribution in [0.15, 0.2) is 10.5 Å². The molecule has 3 heteroatoms. The highest BCUT2D eigenvalue weighted by atomic mass is 16.3. The van der Waals surface area contributed by atoms with Gasteiger partial charge in [0.05, 0.1) is 6.54 Å². The van der Waals surface area contributed by atoms with E-state index in [1.807, 2.05) is 0 Å². The maximum absolute atomic E-state index is 5.84. The Balaban J connectivity index is 1.96. The molecule has 1 unspecified atom stereocenters. The summed E-state index contributed by atoms with van der Waals surface area (Å²) in [4.78, 5) is 2.51. The van der Waals surface area contributed by atoms with Gasteiger partial charge in [0.1, 0.15) is 11.5 Å². The second-order valence-corrected chi connectivity index (χ2v) is 5.04. The van der Waals surface area contributed by atoms with Crippen LogP contribution in [0.2, 0.25) is 0 Å². The molecule has 0 amide bonds. The van der Waals surface area contributed by atoms with E-state index in [0.717, 1.165) is 31.2 Å². The third-order valence-electron chi connectivity index (χ3n) is 3.69. The van der Waals surface area contributed by atoms with Crippen molar-refractivity contribution >= 4 is 0 Å². The zero-order chi connectivity index (χ0) is 12.3. The lowest BCUT2D eigenvalue weighted by atomic mass is 10.2. The molecule has 0 spiro atoms. The van der Waals surface area contributed by atoms with E-state index >= 15 is 0 Å². The zero-order valence-corrected chi connectivity index (χ0v) is 11.3. The minimum atomic E-state index is 0.706. The summed E-state index contributed by atoms with van der Waals surface area (Å²) >= 11 is 0. The summed E-state index contributed by atoms with van der Waals surface area (Å²) in [5.41, 5.74) is 1.30. The first-order valence-corrected chi connectivity index (χ1v) is 6.73. The summed E-state index contributed by atoms with van der Waals surface area (Å²) in [7, 11) is 0. The van der Waals surface area contributed by atoms with Crippen LogP contribution in [0.5, 0.6) is 0 Å². The van der Waals surface area contributed by atoms with E-state index in [1.165, 1.54) is 24.9 Å². The van der Waals surface area contributed by atoms with Gasteiger partial charge in [-0.2, -0.15) is 0 Å². The van der Waals surface area contributed by atoms with E-state index in [2.05, 4.69) is 37.1 Å².